The summed E-state index contributed by atoms with van der Waals surface area (Å²) in [5.74, 6) is -0.468. The normalized spacial score (nSPS) is 12.2. The highest BCUT2D eigenvalue weighted by atomic mass is 32.3. The smallest absolute Gasteiger partial charge is 0.146 e. The monoisotopic (exact) mass is 338 g/mol. The lowest BCUT2D eigenvalue weighted by molar-refractivity contribution is 0.625. The van der Waals surface area contributed by atoms with E-state index in [2.05, 4.69) is 12.5 Å². The molecule has 0 aromatic heterocycles. The van der Waals surface area contributed by atoms with Crippen LogP contribution in [-0.2, 0) is 0 Å². The van der Waals surface area contributed by atoms with Gasteiger partial charge >= 0.3 is 0 Å². The molecule has 2 nitrogen and oxygen atoms in total. The van der Waals surface area contributed by atoms with Gasteiger partial charge in [0.15, 0.2) is 0 Å². The van der Waals surface area contributed by atoms with Gasteiger partial charge in [-0.15, -0.1) is 0 Å². The quantitative estimate of drug-likeness (QED) is 0.805. The fraction of sp³-hybridized carbons (Fsp3) is 0.333. The van der Waals surface area contributed by atoms with E-state index in [0.717, 1.165) is 9.79 Å². The van der Waals surface area contributed by atoms with Crippen LogP contribution in [-0.4, -0.2) is 40.7 Å². The fourth-order valence-electron chi connectivity index (χ4n) is 2.44. The average molecular weight is 338 g/mol. The third-order valence-electron chi connectivity index (χ3n) is 3.98. The zero-order valence-electron chi connectivity index (χ0n) is 14.5. The van der Waals surface area contributed by atoms with E-state index in [1.807, 2.05) is 52.5 Å². The molecule has 0 aliphatic heterocycles. The fourth-order valence-corrected chi connectivity index (χ4v) is 4.34. The Bertz CT molecular complexity index is 653. The van der Waals surface area contributed by atoms with E-state index in [4.69, 9.17) is 0 Å². The topological polar surface area (TPSA) is 6.48 Å². The van der Waals surface area contributed by atoms with Gasteiger partial charge in [0.2, 0.25) is 0 Å². The SMILES string of the molecule is CN(C)c1cc(S(C)(C)c2ccc(F)c(N(C)C)c2)ccc1F. The second kappa shape index (κ2) is 6.40. The molecule has 0 N–H and O–H groups in total. The molecule has 0 bridgehead atoms. The summed E-state index contributed by atoms with van der Waals surface area (Å²) in [7, 11) is 5.93. The Morgan fingerprint density at radius 2 is 1.04 bits per heavy atom. The van der Waals surface area contributed by atoms with Crippen molar-refractivity contribution in [1.82, 2.24) is 0 Å². The largest absolute Gasteiger partial charge is 0.375 e. The molecule has 23 heavy (non-hydrogen) atoms. The number of halogens is 2. The molecule has 0 aliphatic carbocycles. The van der Waals surface area contributed by atoms with Gasteiger partial charge in [0.05, 0.1) is 11.4 Å². The summed E-state index contributed by atoms with van der Waals surface area (Å²) in [5.41, 5.74) is 1.14. The predicted molar refractivity (Wildman–Crippen MR) is 97.4 cm³/mol. The molecule has 0 spiro atoms. The van der Waals surface area contributed by atoms with E-state index in [0.29, 0.717) is 11.4 Å². The molecular weight excluding hydrogens is 314 g/mol. The lowest BCUT2D eigenvalue weighted by Gasteiger charge is -2.34. The molecule has 5 heteroatoms. The van der Waals surface area contributed by atoms with Crippen molar-refractivity contribution in [3.8, 4) is 0 Å². The number of hydrogen-bond donors (Lipinski definition) is 0. The van der Waals surface area contributed by atoms with E-state index in [1.54, 1.807) is 9.80 Å². The van der Waals surface area contributed by atoms with Gasteiger partial charge in [-0.05, 0) is 58.7 Å². The highest BCUT2D eigenvalue weighted by Crippen LogP contribution is 2.57. The minimum absolute atomic E-state index is 0.234. The Morgan fingerprint density at radius 3 is 1.35 bits per heavy atom. The first kappa shape index (κ1) is 17.6. The van der Waals surface area contributed by atoms with Crippen molar-refractivity contribution in [3.63, 3.8) is 0 Å². The number of hydrogen-bond acceptors (Lipinski definition) is 2. The lowest BCUT2D eigenvalue weighted by Crippen LogP contribution is -2.12. The van der Waals surface area contributed by atoms with E-state index in [9.17, 15) is 8.78 Å². The number of rotatable bonds is 4. The molecule has 0 heterocycles. The zero-order valence-corrected chi connectivity index (χ0v) is 15.3. The Kier molecular flexibility index (Phi) is 4.90. The maximum Gasteiger partial charge on any atom is 0.146 e. The van der Waals surface area contributed by atoms with Crippen LogP contribution in [0.3, 0.4) is 0 Å². The maximum absolute atomic E-state index is 13.9. The van der Waals surface area contributed by atoms with Gasteiger partial charge in [-0.2, -0.15) is 10.0 Å². The van der Waals surface area contributed by atoms with Crippen LogP contribution in [0.25, 0.3) is 0 Å². The van der Waals surface area contributed by atoms with Crippen LogP contribution in [0.2, 0.25) is 0 Å². The first-order chi connectivity index (χ1) is 10.6. The number of benzene rings is 2. The molecule has 0 aliphatic rings. The molecule has 2 aromatic rings. The predicted octanol–water partition coefficient (Wildman–Crippen LogP) is 4.58. The number of anilines is 2. The van der Waals surface area contributed by atoms with Gasteiger partial charge in [-0.25, -0.2) is 8.78 Å². The van der Waals surface area contributed by atoms with Gasteiger partial charge in [0, 0.05) is 28.2 Å². The van der Waals surface area contributed by atoms with Crippen LogP contribution in [0.4, 0.5) is 20.2 Å². The molecule has 0 fully saturated rings. The van der Waals surface area contributed by atoms with Crippen molar-refractivity contribution < 1.29 is 8.78 Å². The van der Waals surface area contributed by atoms with Crippen molar-refractivity contribution in [2.45, 2.75) is 9.79 Å². The number of nitrogens with zero attached hydrogens (tertiary/aromatic N) is 2. The molecular formula is C18H24F2N2S. The van der Waals surface area contributed by atoms with Crippen molar-refractivity contribution in [2.24, 2.45) is 0 Å². The Balaban J connectivity index is 2.54. The van der Waals surface area contributed by atoms with Crippen molar-refractivity contribution >= 4 is 21.4 Å². The summed E-state index contributed by atoms with van der Waals surface area (Å²) < 4.78 is 27.9. The highest BCUT2D eigenvalue weighted by Gasteiger charge is 2.21. The van der Waals surface area contributed by atoms with Crippen molar-refractivity contribution in [1.29, 1.82) is 0 Å². The molecule has 0 atom stereocenters. The van der Waals surface area contributed by atoms with Crippen molar-refractivity contribution in [3.05, 3.63) is 48.0 Å². The molecule has 2 rings (SSSR count). The second-order valence-electron chi connectivity index (χ2n) is 6.34. The molecule has 126 valence electrons. The van der Waals surface area contributed by atoms with E-state index in [1.165, 1.54) is 12.1 Å². The summed E-state index contributed by atoms with van der Waals surface area (Å²) in [5, 5.41) is 0. The summed E-state index contributed by atoms with van der Waals surface area (Å²) >= 11 is 0. The van der Waals surface area contributed by atoms with Crippen LogP contribution in [0.5, 0.6) is 0 Å². The zero-order chi connectivity index (χ0) is 17.4. The van der Waals surface area contributed by atoms with Crippen LogP contribution in [0.15, 0.2) is 46.2 Å². The standard InChI is InChI=1S/C18H24F2N2S/c1-21(2)17-11-13(7-9-15(17)19)23(5,6)14-8-10-16(20)18(12-14)22(3)4/h7-12H,1-6H3. The molecule has 2 aromatic carbocycles. The summed E-state index contributed by atoms with van der Waals surface area (Å²) in [6.07, 6.45) is 4.29. The summed E-state index contributed by atoms with van der Waals surface area (Å²) in [6.45, 7) is 0. The van der Waals surface area contributed by atoms with Gasteiger partial charge in [0.1, 0.15) is 11.6 Å². The van der Waals surface area contributed by atoms with Crippen molar-refractivity contribution in [2.75, 3.05) is 50.5 Å². The molecule has 0 radical (unpaired) electrons. The maximum atomic E-state index is 13.9. The average Bonchev–Trinajstić information content (AvgIpc) is 2.47. The van der Waals surface area contributed by atoms with Gasteiger partial charge in [-0.1, -0.05) is 0 Å². The van der Waals surface area contributed by atoms with E-state index >= 15 is 0 Å². The molecule has 0 amide bonds. The van der Waals surface area contributed by atoms with Gasteiger partial charge < -0.3 is 9.80 Å². The van der Waals surface area contributed by atoms with Crippen LogP contribution >= 0.6 is 10.0 Å². The third-order valence-corrected chi connectivity index (χ3v) is 6.84. The van der Waals surface area contributed by atoms with Crippen LogP contribution in [0, 0.1) is 11.6 Å². The Labute approximate surface area is 139 Å². The highest BCUT2D eigenvalue weighted by molar-refractivity contribution is 8.32. The Morgan fingerprint density at radius 1 is 0.696 bits per heavy atom. The lowest BCUT2D eigenvalue weighted by atomic mass is 10.3. The minimum atomic E-state index is -1.37. The first-order valence-electron chi connectivity index (χ1n) is 7.31. The van der Waals surface area contributed by atoms with Crippen LogP contribution < -0.4 is 9.80 Å². The van der Waals surface area contributed by atoms with E-state index < -0.39 is 10.0 Å². The summed E-state index contributed by atoms with van der Waals surface area (Å²) in [4.78, 5) is 5.67. The van der Waals surface area contributed by atoms with E-state index in [-0.39, 0.29) is 11.6 Å². The molecule has 0 unspecified atom stereocenters. The van der Waals surface area contributed by atoms with Gasteiger partial charge in [0.25, 0.3) is 0 Å². The first-order valence-corrected chi connectivity index (χ1v) is 9.76. The molecule has 0 saturated heterocycles. The third kappa shape index (κ3) is 3.44. The van der Waals surface area contributed by atoms with Gasteiger partial charge in [-0.3, -0.25) is 0 Å². The Hall–Kier alpha value is -1.75. The summed E-state index contributed by atoms with van der Waals surface area (Å²) in [6, 6.07) is 10.5. The van der Waals surface area contributed by atoms with Crippen LogP contribution in [0.1, 0.15) is 0 Å². The second-order valence-corrected chi connectivity index (χ2v) is 9.94. The molecule has 0 saturated carbocycles. The minimum Gasteiger partial charge on any atom is -0.375 e.